The van der Waals surface area contributed by atoms with Gasteiger partial charge in [-0.2, -0.15) is 13.2 Å². The number of halogens is 3. The molecule has 0 spiro atoms. The number of aromatic carboxylic acids is 1. The number of hydrogen-bond acceptors (Lipinski definition) is 3. The molecular formula is C14H9F3N2O3. The number of carboxylic acid groups (broad SMARTS) is 1. The molecule has 0 saturated heterocycles. The summed E-state index contributed by atoms with van der Waals surface area (Å²) in [7, 11) is 0. The van der Waals surface area contributed by atoms with Crippen LogP contribution in [-0.4, -0.2) is 22.0 Å². The van der Waals surface area contributed by atoms with Crippen molar-refractivity contribution in [1.82, 2.24) is 4.98 Å². The van der Waals surface area contributed by atoms with Crippen LogP contribution in [0.5, 0.6) is 0 Å². The van der Waals surface area contributed by atoms with E-state index >= 15 is 0 Å². The third kappa shape index (κ3) is 3.40. The lowest BCUT2D eigenvalue weighted by Gasteiger charge is -2.09. The highest BCUT2D eigenvalue weighted by atomic mass is 19.4. The Morgan fingerprint density at radius 2 is 1.68 bits per heavy atom. The number of carbonyl (C=O) groups excluding carboxylic acids is 1. The summed E-state index contributed by atoms with van der Waals surface area (Å²) in [6.07, 6.45) is -3.94. The van der Waals surface area contributed by atoms with E-state index in [1.54, 1.807) is 0 Å². The maximum atomic E-state index is 12.4. The fourth-order valence-electron chi connectivity index (χ4n) is 1.69. The predicted octanol–water partition coefficient (Wildman–Crippen LogP) is 3.05. The number of amides is 1. The van der Waals surface area contributed by atoms with Gasteiger partial charge in [-0.15, -0.1) is 0 Å². The maximum Gasteiger partial charge on any atom is 0.417 e. The monoisotopic (exact) mass is 310 g/mol. The molecular weight excluding hydrogens is 301 g/mol. The number of anilines is 1. The van der Waals surface area contributed by atoms with Crippen molar-refractivity contribution in [1.29, 1.82) is 0 Å². The van der Waals surface area contributed by atoms with Crippen molar-refractivity contribution in [3.63, 3.8) is 0 Å². The molecule has 22 heavy (non-hydrogen) atoms. The zero-order valence-corrected chi connectivity index (χ0v) is 10.9. The van der Waals surface area contributed by atoms with Crippen molar-refractivity contribution in [3.05, 3.63) is 59.3 Å². The van der Waals surface area contributed by atoms with E-state index in [-0.39, 0.29) is 16.9 Å². The van der Waals surface area contributed by atoms with Gasteiger partial charge in [0.25, 0.3) is 5.91 Å². The van der Waals surface area contributed by atoms with E-state index in [0.717, 1.165) is 12.1 Å². The van der Waals surface area contributed by atoms with Gasteiger partial charge in [0.05, 0.1) is 16.7 Å². The molecule has 2 N–H and O–H groups in total. The van der Waals surface area contributed by atoms with Gasteiger partial charge in [-0.1, -0.05) is 12.1 Å². The van der Waals surface area contributed by atoms with Gasteiger partial charge in [0.15, 0.2) is 0 Å². The van der Waals surface area contributed by atoms with E-state index in [1.807, 2.05) is 0 Å². The van der Waals surface area contributed by atoms with Crippen LogP contribution in [0.3, 0.4) is 0 Å². The first-order valence-electron chi connectivity index (χ1n) is 5.96. The molecule has 0 aliphatic rings. The molecule has 0 fully saturated rings. The predicted molar refractivity (Wildman–Crippen MR) is 70.6 cm³/mol. The Balaban J connectivity index is 2.21. The lowest BCUT2D eigenvalue weighted by Crippen LogP contribution is -2.17. The number of carbonyl (C=O) groups is 2. The highest BCUT2D eigenvalue weighted by Gasteiger charge is 2.30. The molecule has 0 radical (unpaired) electrons. The van der Waals surface area contributed by atoms with Crippen molar-refractivity contribution < 1.29 is 27.9 Å². The lowest BCUT2D eigenvalue weighted by molar-refractivity contribution is -0.137. The Hall–Kier alpha value is -2.90. The largest absolute Gasteiger partial charge is 0.478 e. The molecule has 1 aromatic carbocycles. The number of benzene rings is 1. The first-order chi connectivity index (χ1) is 10.3. The number of rotatable bonds is 3. The highest BCUT2D eigenvalue weighted by Crippen LogP contribution is 2.28. The Morgan fingerprint density at radius 3 is 2.18 bits per heavy atom. The second kappa shape index (κ2) is 5.84. The van der Waals surface area contributed by atoms with Crippen molar-refractivity contribution in [2.45, 2.75) is 6.18 Å². The van der Waals surface area contributed by atoms with Crippen molar-refractivity contribution in [2.75, 3.05) is 5.32 Å². The molecule has 1 amide bonds. The van der Waals surface area contributed by atoms with Gasteiger partial charge < -0.3 is 10.4 Å². The SMILES string of the molecule is O=C(O)c1ccccc1C(=O)Nc1ccc(C(F)(F)F)cn1. The molecule has 2 aromatic rings. The molecule has 5 nitrogen and oxygen atoms in total. The number of nitrogens with zero attached hydrogens (tertiary/aromatic N) is 1. The van der Waals surface area contributed by atoms with Gasteiger partial charge in [0, 0.05) is 6.20 Å². The molecule has 8 heteroatoms. The topological polar surface area (TPSA) is 79.3 Å². The Bertz CT molecular complexity index is 712. The van der Waals surface area contributed by atoms with Crippen LogP contribution in [0.2, 0.25) is 0 Å². The van der Waals surface area contributed by atoms with Crippen LogP contribution in [0.4, 0.5) is 19.0 Å². The van der Waals surface area contributed by atoms with Crippen LogP contribution in [-0.2, 0) is 6.18 Å². The Labute approximate surface area is 122 Å². The number of pyridine rings is 1. The van der Waals surface area contributed by atoms with Crippen molar-refractivity contribution >= 4 is 17.7 Å². The molecule has 0 unspecified atom stereocenters. The van der Waals surface area contributed by atoms with E-state index in [9.17, 15) is 22.8 Å². The number of hydrogen-bond donors (Lipinski definition) is 2. The highest BCUT2D eigenvalue weighted by molar-refractivity contribution is 6.10. The second-order valence-electron chi connectivity index (χ2n) is 4.23. The number of aromatic nitrogens is 1. The van der Waals surface area contributed by atoms with Crippen LogP contribution in [0.1, 0.15) is 26.3 Å². The number of alkyl halides is 3. The maximum absolute atomic E-state index is 12.4. The van der Waals surface area contributed by atoms with Gasteiger partial charge in [-0.25, -0.2) is 9.78 Å². The third-order valence-electron chi connectivity index (χ3n) is 2.73. The van der Waals surface area contributed by atoms with Crippen LogP contribution in [0.15, 0.2) is 42.6 Å². The molecule has 1 heterocycles. The molecule has 0 aliphatic heterocycles. The summed E-state index contributed by atoms with van der Waals surface area (Å²) in [5, 5.41) is 11.2. The second-order valence-corrected chi connectivity index (χ2v) is 4.23. The van der Waals surface area contributed by atoms with Crippen LogP contribution < -0.4 is 5.32 Å². The normalized spacial score (nSPS) is 11.0. The summed E-state index contributed by atoms with van der Waals surface area (Å²) >= 11 is 0. The van der Waals surface area contributed by atoms with Crippen LogP contribution in [0.25, 0.3) is 0 Å². The minimum atomic E-state index is -4.52. The van der Waals surface area contributed by atoms with Gasteiger partial charge in [-0.05, 0) is 24.3 Å². The van der Waals surface area contributed by atoms with E-state index in [2.05, 4.69) is 10.3 Å². The minimum Gasteiger partial charge on any atom is -0.478 e. The summed E-state index contributed by atoms with van der Waals surface area (Å²) in [5.41, 5.74) is -1.28. The number of nitrogens with one attached hydrogen (secondary N) is 1. The van der Waals surface area contributed by atoms with Crippen LogP contribution in [0, 0.1) is 0 Å². The minimum absolute atomic E-state index is 0.113. The van der Waals surface area contributed by atoms with Crippen molar-refractivity contribution in [2.24, 2.45) is 0 Å². The average Bonchev–Trinajstić information content (AvgIpc) is 2.46. The molecule has 0 saturated carbocycles. The summed E-state index contributed by atoms with van der Waals surface area (Å²) in [5.74, 6) is -2.17. The summed E-state index contributed by atoms with van der Waals surface area (Å²) in [6.45, 7) is 0. The van der Waals surface area contributed by atoms with E-state index in [0.29, 0.717) is 6.20 Å². The molecule has 0 bridgehead atoms. The number of carboxylic acids is 1. The van der Waals surface area contributed by atoms with Gasteiger partial charge in [0.1, 0.15) is 5.82 Å². The summed E-state index contributed by atoms with van der Waals surface area (Å²) < 4.78 is 37.2. The standard InChI is InChI=1S/C14H9F3N2O3/c15-14(16,17)8-5-6-11(18-7-8)19-12(20)9-3-1-2-4-10(9)13(21)22/h1-7H,(H,21,22)(H,18,19,20). The van der Waals surface area contributed by atoms with E-state index < -0.39 is 23.6 Å². The molecule has 0 atom stereocenters. The van der Waals surface area contributed by atoms with Crippen LogP contribution >= 0.6 is 0 Å². The molecule has 2 rings (SSSR count). The van der Waals surface area contributed by atoms with Crippen molar-refractivity contribution in [3.8, 4) is 0 Å². The first kappa shape index (κ1) is 15.5. The quantitative estimate of drug-likeness (QED) is 0.913. The molecule has 0 aliphatic carbocycles. The summed E-state index contributed by atoms with van der Waals surface area (Å²) in [4.78, 5) is 26.5. The van der Waals surface area contributed by atoms with Gasteiger partial charge >= 0.3 is 12.1 Å². The molecule has 114 valence electrons. The van der Waals surface area contributed by atoms with Gasteiger partial charge in [-0.3, -0.25) is 4.79 Å². The Morgan fingerprint density at radius 1 is 1.05 bits per heavy atom. The average molecular weight is 310 g/mol. The zero-order valence-electron chi connectivity index (χ0n) is 10.9. The van der Waals surface area contributed by atoms with E-state index in [4.69, 9.17) is 5.11 Å². The van der Waals surface area contributed by atoms with Gasteiger partial charge in [0.2, 0.25) is 0 Å². The third-order valence-corrected chi connectivity index (χ3v) is 2.73. The lowest BCUT2D eigenvalue weighted by atomic mass is 10.1. The fraction of sp³-hybridized carbons (Fsp3) is 0.0714. The zero-order chi connectivity index (χ0) is 16.3. The fourth-order valence-corrected chi connectivity index (χ4v) is 1.69. The molecule has 1 aromatic heterocycles. The van der Waals surface area contributed by atoms with E-state index in [1.165, 1.54) is 24.3 Å². The smallest absolute Gasteiger partial charge is 0.417 e. The first-order valence-corrected chi connectivity index (χ1v) is 5.96. The summed E-state index contributed by atoms with van der Waals surface area (Å²) in [6, 6.07) is 7.23. The Kier molecular flexibility index (Phi) is 4.11.